The number of hydrogen-bond acceptors (Lipinski definition) is 2. The fourth-order valence-corrected chi connectivity index (χ4v) is 3.18. The van der Waals surface area contributed by atoms with E-state index in [0.717, 1.165) is 17.1 Å². The SMILES string of the molecule is CC1CSCc2ccc(C(C)(C)C)cc2C1=O. The van der Waals surface area contributed by atoms with Crippen molar-refractivity contribution < 1.29 is 4.79 Å². The Morgan fingerprint density at radius 1 is 1.29 bits per heavy atom. The minimum Gasteiger partial charge on any atom is -0.294 e. The molecule has 2 rings (SSSR count). The summed E-state index contributed by atoms with van der Waals surface area (Å²) in [5.74, 6) is 2.38. The van der Waals surface area contributed by atoms with Crippen molar-refractivity contribution >= 4 is 17.5 Å². The molecule has 0 fully saturated rings. The lowest BCUT2D eigenvalue weighted by Crippen LogP contribution is -2.16. The van der Waals surface area contributed by atoms with E-state index in [-0.39, 0.29) is 11.3 Å². The van der Waals surface area contributed by atoms with Crippen molar-refractivity contribution in [2.75, 3.05) is 5.75 Å². The fourth-order valence-electron chi connectivity index (χ4n) is 2.09. The summed E-state index contributed by atoms with van der Waals surface area (Å²) in [5.41, 5.74) is 3.52. The van der Waals surface area contributed by atoms with Crippen LogP contribution in [-0.2, 0) is 11.2 Å². The predicted molar refractivity (Wildman–Crippen MR) is 74.8 cm³/mol. The van der Waals surface area contributed by atoms with Gasteiger partial charge >= 0.3 is 0 Å². The van der Waals surface area contributed by atoms with Crippen LogP contribution in [0.5, 0.6) is 0 Å². The van der Waals surface area contributed by atoms with Gasteiger partial charge in [0.15, 0.2) is 5.78 Å². The van der Waals surface area contributed by atoms with Crippen molar-refractivity contribution in [3.63, 3.8) is 0 Å². The molecule has 0 radical (unpaired) electrons. The van der Waals surface area contributed by atoms with Gasteiger partial charge in [0.25, 0.3) is 0 Å². The molecule has 0 N–H and O–H groups in total. The number of carbonyl (C=O) groups excluding carboxylic acids is 1. The molecule has 1 heterocycles. The number of rotatable bonds is 0. The zero-order chi connectivity index (χ0) is 12.6. The van der Waals surface area contributed by atoms with Gasteiger partial charge in [-0.3, -0.25) is 4.79 Å². The average molecular weight is 248 g/mol. The summed E-state index contributed by atoms with van der Waals surface area (Å²) in [6.07, 6.45) is 0. The Labute approximate surface area is 108 Å². The Bertz CT molecular complexity index is 443. The van der Waals surface area contributed by atoms with Gasteiger partial charge in [-0.25, -0.2) is 0 Å². The maximum atomic E-state index is 12.3. The molecule has 1 nitrogen and oxygen atoms in total. The summed E-state index contributed by atoms with van der Waals surface area (Å²) in [6, 6.07) is 6.42. The third-order valence-electron chi connectivity index (χ3n) is 3.31. The zero-order valence-electron chi connectivity index (χ0n) is 11.0. The van der Waals surface area contributed by atoms with E-state index < -0.39 is 0 Å². The second-order valence-corrected chi connectivity index (χ2v) is 6.93. The molecule has 1 aliphatic heterocycles. The minimum absolute atomic E-state index is 0.109. The van der Waals surface area contributed by atoms with Crippen LogP contribution in [0.15, 0.2) is 18.2 Å². The van der Waals surface area contributed by atoms with Crippen molar-refractivity contribution in [2.45, 2.75) is 38.9 Å². The van der Waals surface area contributed by atoms with E-state index in [0.29, 0.717) is 5.78 Å². The van der Waals surface area contributed by atoms with Gasteiger partial charge in [-0.1, -0.05) is 39.8 Å². The summed E-state index contributed by atoms with van der Waals surface area (Å²) < 4.78 is 0. The standard InChI is InChI=1S/C15H20OS/c1-10-8-17-9-11-5-6-12(15(2,3)4)7-13(11)14(10)16/h5-7,10H,8-9H2,1-4H3. The first-order chi connectivity index (χ1) is 7.89. The molecule has 2 heteroatoms. The Hall–Kier alpha value is -0.760. The third-order valence-corrected chi connectivity index (χ3v) is 4.57. The van der Waals surface area contributed by atoms with Crippen LogP contribution in [0.2, 0.25) is 0 Å². The van der Waals surface area contributed by atoms with Crippen molar-refractivity contribution in [2.24, 2.45) is 5.92 Å². The predicted octanol–water partition coefficient (Wildman–Crippen LogP) is 4.05. The summed E-state index contributed by atoms with van der Waals surface area (Å²) in [4.78, 5) is 12.3. The van der Waals surface area contributed by atoms with Gasteiger partial charge in [0.05, 0.1) is 0 Å². The minimum atomic E-state index is 0.109. The Morgan fingerprint density at radius 3 is 2.65 bits per heavy atom. The molecule has 0 amide bonds. The van der Waals surface area contributed by atoms with Crippen LogP contribution in [0.25, 0.3) is 0 Å². The first kappa shape index (κ1) is 12.7. The highest BCUT2D eigenvalue weighted by Crippen LogP contribution is 2.31. The van der Waals surface area contributed by atoms with Crippen LogP contribution in [0.3, 0.4) is 0 Å². The Kier molecular flexibility index (Phi) is 3.35. The van der Waals surface area contributed by atoms with Crippen LogP contribution in [-0.4, -0.2) is 11.5 Å². The molecule has 0 bridgehead atoms. The first-order valence-corrected chi connectivity index (χ1v) is 7.30. The average Bonchev–Trinajstić information content (AvgIpc) is 2.39. The molecule has 0 saturated heterocycles. The highest BCUT2D eigenvalue weighted by atomic mass is 32.2. The normalized spacial score (nSPS) is 20.9. The molecule has 1 aliphatic rings. The van der Waals surface area contributed by atoms with Crippen LogP contribution in [0.1, 0.15) is 49.2 Å². The molecule has 0 saturated carbocycles. The van der Waals surface area contributed by atoms with Crippen LogP contribution in [0, 0.1) is 5.92 Å². The topological polar surface area (TPSA) is 17.1 Å². The van der Waals surface area contributed by atoms with Crippen molar-refractivity contribution in [3.8, 4) is 0 Å². The van der Waals surface area contributed by atoms with E-state index in [9.17, 15) is 4.79 Å². The quantitative estimate of drug-likeness (QED) is 0.689. The summed E-state index contributed by atoms with van der Waals surface area (Å²) in [6.45, 7) is 8.60. The molecule has 92 valence electrons. The molecule has 1 aromatic carbocycles. The van der Waals surface area contributed by atoms with Gasteiger partial charge in [0.1, 0.15) is 0 Å². The smallest absolute Gasteiger partial charge is 0.166 e. The van der Waals surface area contributed by atoms with Gasteiger partial charge in [-0.05, 0) is 22.6 Å². The molecule has 1 aromatic rings. The van der Waals surface area contributed by atoms with E-state index >= 15 is 0 Å². The molecule has 1 atom stereocenters. The number of thioether (sulfide) groups is 1. The van der Waals surface area contributed by atoms with Crippen LogP contribution in [0.4, 0.5) is 0 Å². The van der Waals surface area contributed by atoms with E-state index in [2.05, 4.69) is 39.0 Å². The molecule has 17 heavy (non-hydrogen) atoms. The number of ketones is 1. The Balaban J connectivity index is 2.49. The molecule has 1 unspecified atom stereocenters. The lowest BCUT2D eigenvalue weighted by molar-refractivity contribution is 0.0942. The van der Waals surface area contributed by atoms with E-state index in [4.69, 9.17) is 0 Å². The lowest BCUT2D eigenvalue weighted by atomic mass is 9.84. The Morgan fingerprint density at radius 2 is 2.00 bits per heavy atom. The molecular weight excluding hydrogens is 228 g/mol. The number of hydrogen-bond donors (Lipinski definition) is 0. The number of benzene rings is 1. The highest BCUT2D eigenvalue weighted by Gasteiger charge is 2.24. The van der Waals surface area contributed by atoms with Crippen molar-refractivity contribution in [1.82, 2.24) is 0 Å². The lowest BCUT2D eigenvalue weighted by Gasteiger charge is -2.20. The highest BCUT2D eigenvalue weighted by molar-refractivity contribution is 7.98. The maximum Gasteiger partial charge on any atom is 0.166 e. The van der Waals surface area contributed by atoms with E-state index in [1.807, 2.05) is 18.7 Å². The van der Waals surface area contributed by atoms with Crippen LogP contribution >= 0.6 is 11.8 Å². The zero-order valence-corrected chi connectivity index (χ0v) is 11.9. The second-order valence-electron chi connectivity index (χ2n) is 5.90. The van der Waals surface area contributed by atoms with Gasteiger partial charge in [0.2, 0.25) is 0 Å². The van der Waals surface area contributed by atoms with Gasteiger partial charge in [-0.2, -0.15) is 11.8 Å². The van der Waals surface area contributed by atoms with Gasteiger partial charge in [-0.15, -0.1) is 0 Å². The molecule has 0 aromatic heterocycles. The van der Waals surface area contributed by atoms with Gasteiger partial charge < -0.3 is 0 Å². The van der Waals surface area contributed by atoms with Crippen molar-refractivity contribution in [3.05, 3.63) is 34.9 Å². The summed E-state index contributed by atoms with van der Waals surface area (Å²) in [5, 5.41) is 0. The first-order valence-electron chi connectivity index (χ1n) is 6.15. The number of Topliss-reactive ketones (excluding diaryl/α,β-unsaturated/α-hetero) is 1. The third kappa shape index (κ3) is 2.57. The number of fused-ring (bicyclic) bond motifs is 1. The molecular formula is C15H20OS. The number of carbonyl (C=O) groups is 1. The maximum absolute atomic E-state index is 12.3. The van der Waals surface area contributed by atoms with E-state index in [1.54, 1.807) is 0 Å². The monoisotopic (exact) mass is 248 g/mol. The second kappa shape index (κ2) is 4.49. The molecule has 0 aliphatic carbocycles. The largest absolute Gasteiger partial charge is 0.294 e. The summed E-state index contributed by atoms with van der Waals surface area (Å²) >= 11 is 1.86. The van der Waals surface area contributed by atoms with Gasteiger partial charge in [0, 0.05) is 23.0 Å². The van der Waals surface area contributed by atoms with Crippen LogP contribution < -0.4 is 0 Å². The summed E-state index contributed by atoms with van der Waals surface area (Å²) in [7, 11) is 0. The van der Waals surface area contributed by atoms with Crippen molar-refractivity contribution in [1.29, 1.82) is 0 Å². The molecule has 0 spiro atoms. The van der Waals surface area contributed by atoms with E-state index in [1.165, 1.54) is 11.1 Å². The fraction of sp³-hybridized carbons (Fsp3) is 0.533.